The summed E-state index contributed by atoms with van der Waals surface area (Å²) >= 11 is 0. The fourth-order valence-electron chi connectivity index (χ4n) is 2.70. The molecule has 1 aromatic rings. The van der Waals surface area contributed by atoms with Crippen molar-refractivity contribution in [1.82, 2.24) is 9.88 Å². The van der Waals surface area contributed by atoms with Crippen LogP contribution >= 0.6 is 0 Å². The summed E-state index contributed by atoms with van der Waals surface area (Å²) in [7, 11) is 0. The Hall–Kier alpha value is -1.69. The fourth-order valence-corrected chi connectivity index (χ4v) is 2.70. The van der Waals surface area contributed by atoms with Crippen LogP contribution in [0.25, 0.3) is 0 Å². The van der Waals surface area contributed by atoms with Crippen molar-refractivity contribution >= 4 is 11.6 Å². The van der Waals surface area contributed by atoms with Crippen molar-refractivity contribution in [3.63, 3.8) is 0 Å². The van der Waals surface area contributed by atoms with Gasteiger partial charge in [0.2, 0.25) is 5.82 Å². The molecule has 0 spiro atoms. The van der Waals surface area contributed by atoms with E-state index in [-0.39, 0.29) is 5.82 Å². The van der Waals surface area contributed by atoms with E-state index in [0.29, 0.717) is 11.9 Å². The summed E-state index contributed by atoms with van der Waals surface area (Å²) < 4.78 is 0. The molecule has 0 saturated carbocycles. The van der Waals surface area contributed by atoms with Gasteiger partial charge in [0.15, 0.2) is 0 Å². The van der Waals surface area contributed by atoms with Crippen molar-refractivity contribution in [3.05, 3.63) is 28.3 Å². The Morgan fingerprint density at radius 2 is 2.20 bits per heavy atom. The van der Waals surface area contributed by atoms with E-state index in [1.807, 2.05) is 0 Å². The highest BCUT2D eigenvalue weighted by atomic mass is 16.6. The van der Waals surface area contributed by atoms with Gasteiger partial charge in [-0.15, -0.1) is 0 Å². The predicted octanol–water partition coefficient (Wildman–Crippen LogP) is 2.67. The number of likely N-dealkylation sites (tertiary alicyclic amines) is 1. The molecular formula is C14H22N4O2. The minimum Gasteiger partial charge on any atom is -0.358 e. The molecule has 110 valence electrons. The highest BCUT2D eigenvalue weighted by molar-refractivity contribution is 5.39. The van der Waals surface area contributed by atoms with Crippen LogP contribution in [0.3, 0.4) is 0 Å². The zero-order chi connectivity index (χ0) is 14.4. The molecule has 20 heavy (non-hydrogen) atoms. The number of nitrogens with zero attached hydrogens (tertiary/aromatic N) is 3. The molecular weight excluding hydrogens is 256 g/mol. The number of hydrogen-bond acceptors (Lipinski definition) is 5. The average Bonchev–Trinajstić information content (AvgIpc) is 2.97. The summed E-state index contributed by atoms with van der Waals surface area (Å²) in [4.78, 5) is 16.8. The van der Waals surface area contributed by atoms with Crippen molar-refractivity contribution in [2.75, 3.05) is 25.0 Å². The number of anilines is 1. The maximum Gasteiger partial charge on any atom is 0.365 e. The zero-order valence-electron chi connectivity index (χ0n) is 11.9. The molecule has 1 N–H and O–H groups in total. The second-order valence-corrected chi connectivity index (χ2v) is 5.20. The third-order valence-corrected chi connectivity index (χ3v) is 3.72. The molecule has 0 aliphatic carbocycles. The lowest BCUT2D eigenvalue weighted by atomic mass is 10.1. The van der Waals surface area contributed by atoms with Gasteiger partial charge in [0.05, 0.1) is 0 Å². The van der Waals surface area contributed by atoms with E-state index in [2.05, 4.69) is 22.1 Å². The molecule has 6 nitrogen and oxygen atoms in total. The van der Waals surface area contributed by atoms with Crippen LogP contribution < -0.4 is 5.32 Å². The van der Waals surface area contributed by atoms with E-state index in [9.17, 15) is 10.1 Å². The largest absolute Gasteiger partial charge is 0.365 e. The van der Waals surface area contributed by atoms with Crippen molar-refractivity contribution in [1.29, 1.82) is 0 Å². The van der Waals surface area contributed by atoms with E-state index in [4.69, 9.17) is 0 Å². The Morgan fingerprint density at radius 1 is 1.45 bits per heavy atom. The summed E-state index contributed by atoms with van der Waals surface area (Å²) in [6.07, 6.45) is 4.83. The summed E-state index contributed by atoms with van der Waals surface area (Å²) in [5.41, 5.74) is 0. The van der Waals surface area contributed by atoms with E-state index < -0.39 is 4.92 Å². The summed E-state index contributed by atoms with van der Waals surface area (Å²) in [5.74, 6) is 0.475. The first-order valence-corrected chi connectivity index (χ1v) is 7.30. The number of pyridine rings is 1. The lowest BCUT2D eigenvalue weighted by Crippen LogP contribution is -2.38. The molecule has 1 aliphatic rings. The van der Waals surface area contributed by atoms with Gasteiger partial charge in [0.25, 0.3) is 0 Å². The van der Waals surface area contributed by atoms with Crippen molar-refractivity contribution in [3.8, 4) is 0 Å². The van der Waals surface area contributed by atoms with Crippen molar-refractivity contribution < 1.29 is 4.92 Å². The normalized spacial score (nSPS) is 17.1. The second-order valence-electron chi connectivity index (χ2n) is 5.20. The SMILES string of the molecule is CCCC(CNc1cccc([N+](=O)[O-])n1)N1CCCC1. The van der Waals surface area contributed by atoms with E-state index in [0.717, 1.165) is 32.5 Å². The van der Waals surface area contributed by atoms with Crippen LogP contribution in [0.5, 0.6) is 0 Å². The summed E-state index contributed by atoms with van der Waals surface area (Å²) in [5, 5.41) is 14.0. The molecule has 2 rings (SSSR count). The van der Waals surface area contributed by atoms with Gasteiger partial charge in [0.1, 0.15) is 0 Å². The molecule has 1 atom stereocenters. The number of rotatable bonds is 7. The smallest absolute Gasteiger partial charge is 0.358 e. The minimum atomic E-state index is -0.463. The molecule has 0 bridgehead atoms. The monoisotopic (exact) mass is 278 g/mol. The van der Waals surface area contributed by atoms with Crippen LogP contribution in [-0.4, -0.2) is 40.5 Å². The van der Waals surface area contributed by atoms with Gasteiger partial charge in [-0.25, -0.2) is 0 Å². The first-order valence-electron chi connectivity index (χ1n) is 7.30. The zero-order valence-corrected chi connectivity index (χ0v) is 11.9. The topological polar surface area (TPSA) is 71.3 Å². The maximum atomic E-state index is 10.7. The van der Waals surface area contributed by atoms with E-state index in [1.165, 1.54) is 18.9 Å². The summed E-state index contributed by atoms with van der Waals surface area (Å²) in [6.45, 7) is 5.31. The third-order valence-electron chi connectivity index (χ3n) is 3.72. The standard InChI is InChI=1S/C14H22N4O2/c1-2-6-12(17-9-3-4-10-17)11-15-13-7-5-8-14(16-13)18(19)20/h5,7-8,12H,2-4,6,9-11H2,1H3,(H,15,16). The molecule has 0 radical (unpaired) electrons. The Morgan fingerprint density at radius 3 is 2.85 bits per heavy atom. The lowest BCUT2D eigenvalue weighted by molar-refractivity contribution is -0.389. The van der Waals surface area contributed by atoms with Crippen LogP contribution in [0.4, 0.5) is 11.6 Å². The predicted molar refractivity (Wildman–Crippen MR) is 78.9 cm³/mol. The highest BCUT2D eigenvalue weighted by Crippen LogP contribution is 2.17. The van der Waals surface area contributed by atoms with Gasteiger partial charge in [0, 0.05) is 24.7 Å². The van der Waals surface area contributed by atoms with Crippen LogP contribution in [0.1, 0.15) is 32.6 Å². The second kappa shape index (κ2) is 7.19. The van der Waals surface area contributed by atoms with Gasteiger partial charge in [-0.05, 0) is 48.3 Å². The van der Waals surface area contributed by atoms with Gasteiger partial charge < -0.3 is 15.4 Å². The Kier molecular flexibility index (Phi) is 5.29. The lowest BCUT2D eigenvalue weighted by Gasteiger charge is -2.27. The maximum absolute atomic E-state index is 10.7. The molecule has 6 heteroatoms. The van der Waals surface area contributed by atoms with Gasteiger partial charge >= 0.3 is 5.82 Å². The Labute approximate surface area is 119 Å². The Balaban J connectivity index is 1.94. The van der Waals surface area contributed by atoms with Gasteiger partial charge in [-0.1, -0.05) is 13.3 Å². The van der Waals surface area contributed by atoms with Gasteiger partial charge in [-0.2, -0.15) is 0 Å². The van der Waals surface area contributed by atoms with Crippen LogP contribution in [0.15, 0.2) is 18.2 Å². The number of aromatic nitrogens is 1. The number of nitro groups is 1. The molecule has 1 aromatic heterocycles. The highest BCUT2D eigenvalue weighted by Gasteiger charge is 2.21. The fraction of sp³-hybridized carbons (Fsp3) is 0.643. The minimum absolute atomic E-state index is 0.108. The molecule has 1 aliphatic heterocycles. The first kappa shape index (κ1) is 14.7. The molecule has 0 aromatic carbocycles. The van der Waals surface area contributed by atoms with Crippen molar-refractivity contribution in [2.24, 2.45) is 0 Å². The quantitative estimate of drug-likeness (QED) is 0.613. The van der Waals surface area contributed by atoms with E-state index in [1.54, 1.807) is 12.1 Å². The van der Waals surface area contributed by atoms with E-state index >= 15 is 0 Å². The Bertz CT molecular complexity index is 447. The van der Waals surface area contributed by atoms with Crippen LogP contribution in [0.2, 0.25) is 0 Å². The molecule has 1 fully saturated rings. The van der Waals surface area contributed by atoms with Crippen LogP contribution in [-0.2, 0) is 0 Å². The third kappa shape index (κ3) is 3.90. The average molecular weight is 278 g/mol. The van der Waals surface area contributed by atoms with Gasteiger partial charge in [-0.3, -0.25) is 4.90 Å². The molecule has 0 amide bonds. The summed E-state index contributed by atoms with van der Waals surface area (Å²) in [6, 6.07) is 5.34. The van der Waals surface area contributed by atoms with Crippen molar-refractivity contribution in [2.45, 2.75) is 38.6 Å². The molecule has 1 saturated heterocycles. The first-order chi connectivity index (χ1) is 9.70. The number of nitrogens with one attached hydrogen (secondary N) is 1. The molecule has 2 heterocycles. The van der Waals surface area contributed by atoms with Crippen LogP contribution in [0, 0.1) is 10.1 Å². The number of hydrogen-bond donors (Lipinski definition) is 1. The molecule has 1 unspecified atom stereocenters.